The second kappa shape index (κ2) is 5.89. The molecule has 0 bridgehead atoms. The van der Waals surface area contributed by atoms with Crippen molar-refractivity contribution in [2.75, 3.05) is 0 Å². The molecule has 6 heteroatoms. The summed E-state index contributed by atoms with van der Waals surface area (Å²) in [5, 5.41) is 19.3. The van der Waals surface area contributed by atoms with E-state index < -0.39 is 5.97 Å². The summed E-state index contributed by atoms with van der Waals surface area (Å²) in [5.74, 6) is -0.883. The second-order valence-electron chi connectivity index (χ2n) is 5.09. The van der Waals surface area contributed by atoms with Crippen molar-refractivity contribution in [3.8, 4) is 22.7 Å². The zero-order chi connectivity index (χ0) is 16.6. The van der Waals surface area contributed by atoms with Gasteiger partial charge in [0.05, 0.1) is 23.1 Å². The topological polar surface area (TPSA) is 75.3 Å². The van der Waals surface area contributed by atoms with E-state index in [1.54, 1.807) is 24.4 Å². The number of carboxylic acid groups (broad SMARTS) is 1. The van der Waals surface area contributed by atoms with Crippen LogP contribution in [0, 0.1) is 6.92 Å². The number of carboxylic acids is 1. The Morgan fingerprint density at radius 1 is 1.17 bits per heavy atom. The summed E-state index contributed by atoms with van der Waals surface area (Å²) in [6, 6.07) is 10.5. The number of phenols is 1. The molecule has 0 saturated heterocycles. The number of phenolic OH excluding ortho intramolecular Hbond substituents is 1. The van der Waals surface area contributed by atoms with Gasteiger partial charge in [-0.05, 0) is 43.3 Å². The van der Waals surface area contributed by atoms with Crippen LogP contribution >= 0.6 is 15.9 Å². The number of benzene rings is 1. The molecule has 5 nitrogen and oxygen atoms in total. The molecule has 2 N–H and O–H groups in total. The SMILES string of the molecule is Cc1ccc(-c2cc(Br)ccc2O)n1-c1cncc(C(=O)O)c1. The molecular weight excluding hydrogens is 360 g/mol. The summed E-state index contributed by atoms with van der Waals surface area (Å²) in [7, 11) is 0. The van der Waals surface area contributed by atoms with Crippen molar-refractivity contribution >= 4 is 21.9 Å². The average molecular weight is 373 g/mol. The number of aromatic nitrogens is 2. The number of rotatable bonds is 3. The van der Waals surface area contributed by atoms with Crippen molar-refractivity contribution in [2.45, 2.75) is 6.92 Å². The van der Waals surface area contributed by atoms with Gasteiger partial charge in [0.25, 0.3) is 0 Å². The number of halogens is 1. The van der Waals surface area contributed by atoms with E-state index in [0.29, 0.717) is 11.3 Å². The van der Waals surface area contributed by atoms with Crippen LogP contribution in [0.3, 0.4) is 0 Å². The molecule has 0 fully saturated rings. The predicted octanol–water partition coefficient (Wildman–Crippen LogP) is 4.01. The van der Waals surface area contributed by atoms with Gasteiger partial charge >= 0.3 is 5.97 Å². The van der Waals surface area contributed by atoms with Crippen LogP contribution in [-0.4, -0.2) is 25.7 Å². The molecule has 0 unspecified atom stereocenters. The van der Waals surface area contributed by atoms with Crippen LogP contribution in [0.25, 0.3) is 16.9 Å². The van der Waals surface area contributed by atoms with Gasteiger partial charge in [0.1, 0.15) is 5.75 Å². The number of pyridine rings is 1. The quantitative estimate of drug-likeness (QED) is 0.727. The molecule has 1 aromatic carbocycles. The number of aromatic hydroxyl groups is 1. The monoisotopic (exact) mass is 372 g/mol. The Kier molecular flexibility index (Phi) is 3.92. The molecule has 0 aliphatic rings. The van der Waals surface area contributed by atoms with Crippen LogP contribution in [0.15, 0.2) is 53.3 Å². The predicted molar refractivity (Wildman–Crippen MR) is 90.1 cm³/mol. The fourth-order valence-electron chi connectivity index (χ4n) is 2.47. The molecule has 0 amide bonds. The van der Waals surface area contributed by atoms with E-state index in [2.05, 4.69) is 20.9 Å². The molecular formula is C17H13BrN2O3. The van der Waals surface area contributed by atoms with Gasteiger partial charge in [0.15, 0.2) is 0 Å². The molecule has 3 rings (SSSR count). The van der Waals surface area contributed by atoms with Gasteiger partial charge < -0.3 is 14.8 Å². The number of carbonyl (C=O) groups is 1. The molecule has 0 atom stereocenters. The lowest BCUT2D eigenvalue weighted by molar-refractivity contribution is 0.0696. The smallest absolute Gasteiger partial charge is 0.337 e. The molecule has 0 spiro atoms. The molecule has 0 aliphatic heterocycles. The van der Waals surface area contributed by atoms with Crippen molar-refractivity contribution in [3.63, 3.8) is 0 Å². The molecule has 3 aromatic rings. The third kappa shape index (κ3) is 2.85. The Morgan fingerprint density at radius 2 is 1.96 bits per heavy atom. The van der Waals surface area contributed by atoms with Crippen LogP contribution in [0.2, 0.25) is 0 Å². The Morgan fingerprint density at radius 3 is 2.70 bits per heavy atom. The van der Waals surface area contributed by atoms with Crippen LogP contribution in [-0.2, 0) is 0 Å². The fourth-order valence-corrected chi connectivity index (χ4v) is 2.83. The number of aromatic carboxylic acids is 1. The van der Waals surface area contributed by atoms with Crippen LogP contribution < -0.4 is 0 Å². The van der Waals surface area contributed by atoms with Crippen molar-refractivity contribution in [1.29, 1.82) is 0 Å². The van der Waals surface area contributed by atoms with Crippen LogP contribution in [0.1, 0.15) is 16.1 Å². The van der Waals surface area contributed by atoms with Gasteiger partial charge in [0, 0.05) is 21.9 Å². The van der Waals surface area contributed by atoms with Crippen LogP contribution in [0.4, 0.5) is 0 Å². The molecule has 0 saturated carbocycles. The first-order valence-corrected chi connectivity index (χ1v) is 7.62. The molecule has 2 heterocycles. The Bertz CT molecular complexity index is 903. The highest BCUT2D eigenvalue weighted by atomic mass is 79.9. The first-order valence-electron chi connectivity index (χ1n) is 6.83. The zero-order valence-electron chi connectivity index (χ0n) is 12.2. The van der Waals surface area contributed by atoms with Gasteiger partial charge in [-0.15, -0.1) is 0 Å². The first kappa shape index (κ1) is 15.3. The third-order valence-corrected chi connectivity index (χ3v) is 4.03. The van der Waals surface area contributed by atoms with Crippen molar-refractivity contribution in [3.05, 3.63) is 64.5 Å². The highest BCUT2D eigenvalue weighted by molar-refractivity contribution is 9.10. The normalized spacial score (nSPS) is 10.7. The summed E-state index contributed by atoms with van der Waals surface area (Å²) in [6.07, 6.45) is 2.90. The Labute approximate surface area is 141 Å². The lowest BCUT2D eigenvalue weighted by Crippen LogP contribution is -2.03. The highest BCUT2D eigenvalue weighted by Gasteiger charge is 2.15. The molecule has 0 aliphatic carbocycles. The van der Waals surface area contributed by atoms with Crippen molar-refractivity contribution in [2.24, 2.45) is 0 Å². The van der Waals surface area contributed by atoms with Gasteiger partial charge in [0.2, 0.25) is 0 Å². The maximum Gasteiger partial charge on any atom is 0.337 e. The summed E-state index contributed by atoms with van der Waals surface area (Å²) in [6.45, 7) is 1.91. The van der Waals surface area contributed by atoms with E-state index in [1.807, 2.05) is 29.7 Å². The lowest BCUT2D eigenvalue weighted by atomic mass is 10.1. The van der Waals surface area contributed by atoms with E-state index in [1.165, 1.54) is 6.20 Å². The molecule has 23 heavy (non-hydrogen) atoms. The van der Waals surface area contributed by atoms with Crippen LogP contribution in [0.5, 0.6) is 5.75 Å². The minimum atomic E-state index is -1.03. The Hall–Kier alpha value is -2.60. The zero-order valence-corrected chi connectivity index (χ0v) is 13.8. The number of hydrogen-bond acceptors (Lipinski definition) is 3. The summed E-state index contributed by atoms with van der Waals surface area (Å²) in [5.41, 5.74) is 3.05. The van der Waals surface area contributed by atoms with E-state index in [9.17, 15) is 9.90 Å². The lowest BCUT2D eigenvalue weighted by Gasteiger charge is -2.13. The number of nitrogens with zero attached hydrogens (tertiary/aromatic N) is 2. The van der Waals surface area contributed by atoms with Crippen molar-refractivity contribution < 1.29 is 15.0 Å². The average Bonchev–Trinajstić information content (AvgIpc) is 2.91. The van der Waals surface area contributed by atoms with E-state index in [0.717, 1.165) is 15.9 Å². The van der Waals surface area contributed by atoms with E-state index in [4.69, 9.17) is 5.11 Å². The third-order valence-electron chi connectivity index (χ3n) is 3.54. The maximum atomic E-state index is 11.2. The first-order chi connectivity index (χ1) is 11.0. The van der Waals surface area contributed by atoms with Gasteiger partial charge in [-0.3, -0.25) is 4.98 Å². The molecule has 2 aromatic heterocycles. The van der Waals surface area contributed by atoms with Gasteiger partial charge in [-0.25, -0.2) is 4.79 Å². The minimum absolute atomic E-state index is 0.111. The Balaban J connectivity index is 2.22. The second-order valence-corrected chi connectivity index (χ2v) is 6.01. The van der Waals surface area contributed by atoms with E-state index >= 15 is 0 Å². The standard InChI is InChI=1S/C17H13BrN2O3/c1-10-2-4-15(14-7-12(18)3-5-16(14)21)20(10)13-6-11(17(22)23)8-19-9-13/h2-9,21H,1H3,(H,22,23). The summed E-state index contributed by atoms with van der Waals surface area (Å²) >= 11 is 3.40. The van der Waals surface area contributed by atoms with Crippen molar-refractivity contribution in [1.82, 2.24) is 9.55 Å². The highest BCUT2D eigenvalue weighted by Crippen LogP contribution is 2.34. The summed E-state index contributed by atoms with van der Waals surface area (Å²) in [4.78, 5) is 15.2. The van der Waals surface area contributed by atoms with Gasteiger partial charge in [-0.1, -0.05) is 15.9 Å². The molecule has 0 radical (unpaired) electrons. The largest absolute Gasteiger partial charge is 0.507 e. The number of aryl methyl sites for hydroxylation is 1. The fraction of sp³-hybridized carbons (Fsp3) is 0.0588. The minimum Gasteiger partial charge on any atom is -0.507 e. The van der Waals surface area contributed by atoms with Gasteiger partial charge in [-0.2, -0.15) is 0 Å². The molecule has 116 valence electrons. The summed E-state index contributed by atoms with van der Waals surface area (Å²) < 4.78 is 2.70. The maximum absolute atomic E-state index is 11.2. The number of hydrogen-bond donors (Lipinski definition) is 2. The van der Waals surface area contributed by atoms with E-state index in [-0.39, 0.29) is 11.3 Å².